The number of nitrogens with zero attached hydrogens (tertiary/aromatic N) is 2. The molecule has 3 aromatic rings. The van der Waals surface area contributed by atoms with Gasteiger partial charge in [-0.05, 0) is 47.6 Å². The van der Waals surface area contributed by atoms with Crippen molar-refractivity contribution in [2.75, 3.05) is 7.05 Å². The van der Waals surface area contributed by atoms with Gasteiger partial charge in [0.15, 0.2) is 5.76 Å². The molecule has 0 fully saturated rings. The predicted molar refractivity (Wildman–Crippen MR) is 75.8 cm³/mol. The van der Waals surface area contributed by atoms with Gasteiger partial charge in [-0.15, -0.1) is 0 Å². The minimum absolute atomic E-state index is 0.796. The Kier molecular flexibility index (Phi) is 3.48. The van der Waals surface area contributed by atoms with Gasteiger partial charge in [0.25, 0.3) is 0 Å². The highest BCUT2D eigenvalue weighted by atomic mass is 32.1. The lowest BCUT2D eigenvalue weighted by Gasteiger charge is -2.13. The van der Waals surface area contributed by atoms with Gasteiger partial charge < -0.3 is 4.42 Å². The van der Waals surface area contributed by atoms with E-state index in [-0.39, 0.29) is 0 Å². The number of hydrogen-bond acceptors (Lipinski definition) is 4. The molecule has 0 atom stereocenters. The molecule has 19 heavy (non-hydrogen) atoms. The van der Waals surface area contributed by atoms with Crippen LogP contribution in [0.2, 0.25) is 0 Å². The molecule has 0 bridgehead atoms. The van der Waals surface area contributed by atoms with E-state index < -0.39 is 0 Å². The van der Waals surface area contributed by atoms with Crippen LogP contribution in [0.4, 0.5) is 0 Å². The van der Waals surface area contributed by atoms with Crippen molar-refractivity contribution in [2.24, 2.45) is 0 Å². The summed E-state index contributed by atoms with van der Waals surface area (Å²) in [5.74, 6) is 1.79. The third-order valence-electron chi connectivity index (χ3n) is 2.89. The molecule has 0 aliphatic heterocycles. The number of rotatable bonds is 5. The molecule has 0 amide bonds. The molecule has 5 heteroatoms. The highest BCUT2D eigenvalue weighted by molar-refractivity contribution is 7.07. The van der Waals surface area contributed by atoms with Gasteiger partial charge >= 0.3 is 0 Å². The van der Waals surface area contributed by atoms with Crippen molar-refractivity contribution in [3.05, 3.63) is 52.5 Å². The summed E-state index contributed by atoms with van der Waals surface area (Å²) in [7, 11) is 2.09. The summed E-state index contributed by atoms with van der Waals surface area (Å²) in [6.07, 6.45) is 1.72. The fourth-order valence-corrected chi connectivity index (χ4v) is 2.68. The normalized spacial score (nSPS) is 11.3. The van der Waals surface area contributed by atoms with Gasteiger partial charge in [-0.3, -0.25) is 10.00 Å². The second kappa shape index (κ2) is 5.42. The monoisotopic (exact) mass is 273 g/mol. The third kappa shape index (κ3) is 2.94. The first-order chi connectivity index (χ1) is 9.31. The van der Waals surface area contributed by atoms with Gasteiger partial charge in [-0.1, -0.05) is 0 Å². The molecular weight excluding hydrogens is 258 g/mol. The van der Waals surface area contributed by atoms with Crippen molar-refractivity contribution < 1.29 is 4.42 Å². The summed E-state index contributed by atoms with van der Waals surface area (Å²) < 4.78 is 5.81. The van der Waals surface area contributed by atoms with Gasteiger partial charge in [-0.2, -0.15) is 16.4 Å². The predicted octanol–water partition coefficient (Wildman–Crippen LogP) is 3.36. The van der Waals surface area contributed by atoms with Crippen LogP contribution in [0, 0.1) is 0 Å². The molecule has 3 aromatic heterocycles. The Bertz CT molecular complexity index is 613. The summed E-state index contributed by atoms with van der Waals surface area (Å²) in [4.78, 5) is 2.23. The lowest BCUT2D eigenvalue weighted by Crippen LogP contribution is -2.16. The number of thiophene rings is 1. The zero-order valence-corrected chi connectivity index (χ0v) is 11.5. The number of aromatic nitrogens is 2. The fourth-order valence-electron chi connectivity index (χ4n) is 2.02. The largest absolute Gasteiger partial charge is 0.458 e. The zero-order valence-electron chi connectivity index (χ0n) is 10.7. The maximum atomic E-state index is 5.81. The van der Waals surface area contributed by atoms with Gasteiger partial charge in [0, 0.05) is 12.7 Å². The van der Waals surface area contributed by atoms with Crippen molar-refractivity contribution in [3.63, 3.8) is 0 Å². The number of nitrogens with one attached hydrogen (secondary N) is 1. The van der Waals surface area contributed by atoms with Crippen molar-refractivity contribution in [1.82, 2.24) is 15.1 Å². The van der Waals surface area contributed by atoms with E-state index in [2.05, 4.69) is 39.0 Å². The van der Waals surface area contributed by atoms with Crippen LogP contribution >= 0.6 is 11.3 Å². The first-order valence-electron chi connectivity index (χ1n) is 6.09. The van der Waals surface area contributed by atoms with Crippen LogP contribution < -0.4 is 0 Å². The van der Waals surface area contributed by atoms with E-state index in [9.17, 15) is 0 Å². The quantitative estimate of drug-likeness (QED) is 0.775. The fraction of sp³-hybridized carbons (Fsp3) is 0.214. The molecule has 3 heterocycles. The second-order valence-electron chi connectivity index (χ2n) is 4.54. The first-order valence-corrected chi connectivity index (χ1v) is 7.03. The van der Waals surface area contributed by atoms with E-state index in [1.807, 2.05) is 18.2 Å². The molecule has 0 aliphatic carbocycles. The van der Waals surface area contributed by atoms with E-state index in [0.717, 1.165) is 30.3 Å². The molecule has 1 N–H and O–H groups in total. The summed E-state index contributed by atoms with van der Waals surface area (Å²) in [5.41, 5.74) is 2.25. The van der Waals surface area contributed by atoms with E-state index in [1.165, 1.54) is 5.56 Å². The first kappa shape index (κ1) is 12.2. The van der Waals surface area contributed by atoms with E-state index in [4.69, 9.17) is 4.42 Å². The topological polar surface area (TPSA) is 45.1 Å². The van der Waals surface area contributed by atoms with Crippen molar-refractivity contribution in [3.8, 4) is 11.5 Å². The van der Waals surface area contributed by atoms with Gasteiger partial charge in [-0.25, -0.2) is 0 Å². The molecular formula is C14H15N3OS. The molecule has 98 valence electrons. The van der Waals surface area contributed by atoms with Crippen molar-refractivity contribution in [2.45, 2.75) is 13.1 Å². The molecule has 0 spiro atoms. The molecule has 0 radical (unpaired) electrons. The van der Waals surface area contributed by atoms with Gasteiger partial charge in [0.05, 0.1) is 6.54 Å². The van der Waals surface area contributed by atoms with Crippen molar-refractivity contribution >= 4 is 11.3 Å². The molecule has 3 rings (SSSR count). The standard InChI is InChI=1S/C14H15N3OS/c1-17(8-11-5-7-19-10-11)9-12-2-3-14(18-12)13-4-6-15-16-13/h2-7,10H,8-9H2,1H3,(H,15,16). The highest BCUT2D eigenvalue weighted by Gasteiger charge is 2.08. The Hall–Kier alpha value is -1.85. The minimum atomic E-state index is 0.796. The van der Waals surface area contributed by atoms with Crippen LogP contribution in [0.15, 0.2) is 45.6 Å². The Balaban J connectivity index is 1.64. The van der Waals surface area contributed by atoms with Crippen molar-refractivity contribution in [1.29, 1.82) is 0 Å². The maximum Gasteiger partial charge on any atom is 0.152 e. The summed E-state index contributed by atoms with van der Waals surface area (Å²) >= 11 is 1.73. The van der Waals surface area contributed by atoms with E-state index in [1.54, 1.807) is 17.5 Å². The maximum absolute atomic E-state index is 5.81. The minimum Gasteiger partial charge on any atom is -0.458 e. The molecule has 0 saturated heterocycles. The molecule has 0 aliphatic rings. The van der Waals surface area contributed by atoms with E-state index >= 15 is 0 Å². The average molecular weight is 273 g/mol. The number of furan rings is 1. The second-order valence-corrected chi connectivity index (χ2v) is 5.32. The Morgan fingerprint density at radius 2 is 2.21 bits per heavy atom. The molecule has 0 aromatic carbocycles. The SMILES string of the molecule is CN(Cc1ccsc1)Cc1ccc(-c2ccn[nH]2)o1. The smallest absolute Gasteiger partial charge is 0.152 e. The molecule has 0 unspecified atom stereocenters. The van der Waals surface area contributed by atoms with E-state index in [0.29, 0.717) is 0 Å². The summed E-state index contributed by atoms with van der Waals surface area (Å²) in [6.45, 7) is 1.73. The number of aromatic amines is 1. The molecule has 4 nitrogen and oxygen atoms in total. The van der Waals surface area contributed by atoms with Gasteiger partial charge in [0.1, 0.15) is 11.5 Å². The Morgan fingerprint density at radius 1 is 1.26 bits per heavy atom. The zero-order chi connectivity index (χ0) is 13.1. The van der Waals surface area contributed by atoms with Crippen LogP contribution in [0.1, 0.15) is 11.3 Å². The summed E-state index contributed by atoms with van der Waals surface area (Å²) in [5, 5.41) is 11.1. The highest BCUT2D eigenvalue weighted by Crippen LogP contribution is 2.20. The number of H-pyrrole nitrogens is 1. The third-order valence-corrected chi connectivity index (χ3v) is 3.62. The van der Waals surface area contributed by atoms with Crippen LogP contribution in [-0.2, 0) is 13.1 Å². The average Bonchev–Trinajstić information content (AvgIpc) is 3.09. The molecule has 0 saturated carbocycles. The lowest BCUT2D eigenvalue weighted by atomic mass is 10.3. The Labute approximate surface area is 115 Å². The van der Waals surface area contributed by atoms with Gasteiger partial charge in [0.2, 0.25) is 0 Å². The van der Waals surface area contributed by atoms with Crippen LogP contribution in [0.25, 0.3) is 11.5 Å². The number of hydrogen-bond donors (Lipinski definition) is 1. The Morgan fingerprint density at radius 3 is 2.95 bits per heavy atom. The van der Waals surface area contributed by atoms with Crippen LogP contribution in [-0.4, -0.2) is 22.1 Å². The van der Waals surface area contributed by atoms with Crippen LogP contribution in [0.3, 0.4) is 0 Å². The summed E-state index contributed by atoms with van der Waals surface area (Å²) in [6, 6.07) is 8.04. The lowest BCUT2D eigenvalue weighted by molar-refractivity contribution is 0.289. The van der Waals surface area contributed by atoms with Crippen LogP contribution in [0.5, 0.6) is 0 Å².